The normalized spacial score (nSPS) is 18.8. The molecule has 1 saturated carbocycles. The maximum atomic E-state index is 12.2. The Labute approximate surface area is 118 Å². The molecule has 1 fully saturated rings. The Morgan fingerprint density at radius 3 is 2.75 bits per heavy atom. The quantitative estimate of drug-likeness (QED) is 0.339. The summed E-state index contributed by atoms with van der Waals surface area (Å²) in [5.74, 6) is 0.588. The maximum absolute atomic E-state index is 12.2. The minimum atomic E-state index is -0.429. The molecule has 2 rings (SSSR count). The summed E-state index contributed by atoms with van der Waals surface area (Å²) in [5.41, 5.74) is 6.23. The molecule has 0 spiro atoms. The third-order valence-electron chi connectivity index (χ3n) is 3.95. The van der Waals surface area contributed by atoms with Crippen molar-refractivity contribution >= 4 is 11.7 Å². The van der Waals surface area contributed by atoms with Crippen LogP contribution in [0.4, 0.5) is 0 Å². The van der Waals surface area contributed by atoms with Gasteiger partial charge in [0.15, 0.2) is 5.84 Å². The fraction of sp³-hybridized carbons (Fsp3) is 0.571. The van der Waals surface area contributed by atoms with Crippen molar-refractivity contribution in [2.24, 2.45) is 16.8 Å². The van der Waals surface area contributed by atoms with Gasteiger partial charge in [0.2, 0.25) is 0 Å². The molecular formula is C14H21N3O3. The lowest BCUT2D eigenvalue weighted by Gasteiger charge is -2.29. The van der Waals surface area contributed by atoms with Gasteiger partial charge >= 0.3 is 0 Å². The highest BCUT2D eigenvalue weighted by Gasteiger charge is 2.29. The highest BCUT2D eigenvalue weighted by molar-refractivity contribution is 5.98. The van der Waals surface area contributed by atoms with E-state index in [1.807, 2.05) is 0 Å². The summed E-state index contributed by atoms with van der Waals surface area (Å²) < 4.78 is 5.13. The number of furan rings is 1. The van der Waals surface area contributed by atoms with Gasteiger partial charge in [-0.3, -0.25) is 4.79 Å². The molecule has 4 N–H and O–H groups in total. The number of nitrogens with one attached hydrogen (secondary N) is 1. The van der Waals surface area contributed by atoms with E-state index >= 15 is 0 Å². The Balaban J connectivity index is 2.11. The molecule has 1 aliphatic carbocycles. The second kappa shape index (κ2) is 6.45. The summed E-state index contributed by atoms with van der Waals surface area (Å²) in [4.78, 5) is 12.2. The lowest BCUT2D eigenvalue weighted by Crippen LogP contribution is -2.49. The Morgan fingerprint density at radius 1 is 1.50 bits per heavy atom. The number of nitrogens with zero attached hydrogens (tertiary/aromatic N) is 1. The number of rotatable bonds is 4. The maximum Gasteiger partial charge on any atom is 0.255 e. The van der Waals surface area contributed by atoms with Crippen molar-refractivity contribution in [3.63, 3.8) is 0 Å². The zero-order valence-corrected chi connectivity index (χ0v) is 11.6. The molecule has 1 aromatic heterocycles. The van der Waals surface area contributed by atoms with Gasteiger partial charge in [-0.05, 0) is 31.7 Å². The van der Waals surface area contributed by atoms with Crippen LogP contribution in [-0.2, 0) is 0 Å². The van der Waals surface area contributed by atoms with Gasteiger partial charge in [0, 0.05) is 0 Å². The number of oxime groups is 1. The van der Waals surface area contributed by atoms with Gasteiger partial charge in [-0.1, -0.05) is 24.4 Å². The van der Waals surface area contributed by atoms with Crippen LogP contribution in [0.25, 0.3) is 0 Å². The number of hydrogen-bond donors (Lipinski definition) is 3. The van der Waals surface area contributed by atoms with Gasteiger partial charge in [-0.2, -0.15) is 0 Å². The van der Waals surface area contributed by atoms with E-state index < -0.39 is 6.04 Å². The summed E-state index contributed by atoms with van der Waals surface area (Å²) in [7, 11) is 0. The number of amides is 1. The molecule has 0 aromatic carbocycles. The summed E-state index contributed by atoms with van der Waals surface area (Å²) in [6, 6.07) is 1.19. The average molecular weight is 279 g/mol. The first-order chi connectivity index (χ1) is 9.63. The van der Waals surface area contributed by atoms with Crippen LogP contribution < -0.4 is 11.1 Å². The van der Waals surface area contributed by atoms with E-state index in [4.69, 9.17) is 15.4 Å². The van der Waals surface area contributed by atoms with Crippen molar-refractivity contribution in [2.75, 3.05) is 0 Å². The monoisotopic (exact) mass is 279 g/mol. The molecule has 0 saturated heterocycles. The van der Waals surface area contributed by atoms with E-state index in [0.717, 1.165) is 25.7 Å². The van der Waals surface area contributed by atoms with Crippen molar-refractivity contribution in [1.29, 1.82) is 0 Å². The van der Waals surface area contributed by atoms with Crippen LogP contribution in [0.3, 0.4) is 0 Å². The third-order valence-corrected chi connectivity index (χ3v) is 3.95. The molecule has 6 heteroatoms. The van der Waals surface area contributed by atoms with Crippen LogP contribution in [0.5, 0.6) is 0 Å². The molecule has 0 radical (unpaired) electrons. The fourth-order valence-corrected chi connectivity index (χ4v) is 2.80. The lowest BCUT2D eigenvalue weighted by molar-refractivity contribution is 0.0929. The molecular weight excluding hydrogens is 258 g/mol. The molecule has 0 bridgehead atoms. The summed E-state index contributed by atoms with van der Waals surface area (Å²) in [6.07, 6.45) is 6.86. The standard InChI is InChI=1S/C14H21N3O3/c1-9-11(7-8-20-9)14(18)16-12(13(15)17-19)10-5-3-2-4-6-10/h7-8,10,12,19H,2-6H2,1H3,(H2,15,17)(H,16,18). The Hall–Kier alpha value is -1.98. The second-order valence-electron chi connectivity index (χ2n) is 5.26. The first kappa shape index (κ1) is 14.4. The minimum absolute atomic E-state index is 0.0615. The van der Waals surface area contributed by atoms with Crippen molar-refractivity contribution < 1.29 is 14.4 Å². The smallest absolute Gasteiger partial charge is 0.255 e. The van der Waals surface area contributed by atoms with Crippen molar-refractivity contribution in [3.05, 3.63) is 23.7 Å². The Kier molecular flexibility index (Phi) is 4.65. The van der Waals surface area contributed by atoms with Gasteiger partial charge < -0.3 is 20.7 Å². The van der Waals surface area contributed by atoms with Gasteiger partial charge in [-0.15, -0.1) is 0 Å². The zero-order chi connectivity index (χ0) is 14.5. The molecule has 1 heterocycles. The average Bonchev–Trinajstić information content (AvgIpc) is 2.91. The molecule has 0 aliphatic heterocycles. The van der Waals surface area contributed by atoms with Crippen LogP contribution in [0.15, 0.2) is 21.9 Å². The van der Waals surface area contributed by atoms with E-state index in [1.165, 1.54) is 12.7 Å². The minimum Gasteiger partial charge on any atom is -0.469 e. The van der Waals surface area contributed by atoms with Crippen molar-refractivity contribution in [2.45, 2.75) is 45.1 Å². The number of carbonyl (C=O) groups is 1. The predicted octanol–water partition coefficient (Wildman–Crippen LogP) is 2.01. The molecule has 1 amide bonds. The summed E-state index contributed by atoms with van der Waals surface area (Å²) in [6.45, 7) is 1.73. The van der Waals surface area contributed by atoms with Crippen LogP contribution in [0, 0.1) is 12.8 Å². The summed E-state index contributed by atoms with van der Waals surface area (Å²) in [5, 5.41) is 14.9. The molecule has 20 heavy (non-hydrogen) atoms. The number of aryl methyl sites for hydroxylation is 1. The van der Waals surface area contributed by atoms with Crippen LogP contribution >= 0.6 is 0 Å². The van der Waals surface area contributed by atoms with Gasteiger partial charge in [-0.25, -0.2) is 0 Å². The third kappa shape index (κ3) is 3.12. The number of nitrogens with two attached hydrogens (primary N) is 1. The number of amidine groups is 1. The van der Waals surface area contributed by atoms with Gasteiger partial charge in [0.05, 0.1) is 17.9 Å². The van der Waals surface area contributed by atoms with E-state index in [0.29, 0.717) is 11.3 Å². The first-order valence-corrected chi connectivity index (χ1v) is 6.96. The molecule has 110 valence electrons. The first-order valence-electron chi connectivity index (χ1n) is 6.96. The molecule has 1 atom stereocenters. The van der Waals surface area contributed by atoms with Crippen LogP contribution in [-0.4, -0.2) is 23.0 Å². The molecule has 1 aromatic rings. The highest BCUT2D eigenvalue weighted by atomic mass is 16.4. The predicted molar refractivity (Wildman–Crippen MR) is 74.7 cm³/mol. The molecule has 1 unspecified atom stereocenters. The fourth-order valence-electron chi connectivity index (χ4n) is 2.80. The van der Waals surface area contributed by atoms with Crippen LogP contribution in [0.2, 0.25) is 0 Å². The molecule has 1 aliphatic rings. The second-order valence-corrected chi connectivity index (χ2v) is 5.26. The SMILES string of the molecule is Cc1occc1C(=O)NC(/C(N)=N/O)C1CCCCC1. The van der Waals surface area contributed by atoms with Crippen LogP contribution in [0.1, 0.15) is 48.2 Å². The van der Waals surface area contributed by atoms with E-state index in [-0.39, 0.29) is 17.7 Å². The largest absolute Gasteiger partial charge is 0.469 e. The lowest BCUT2D eigenvalue weighted by atomic mass is 9.83. The topological polar surface area (TPSA) is 101 Å². The van der Waals surface area contributed by atoms with Crippen molar-refractivity contribution in [1.82, 2.24) is 5.32 Å². The Bertz CT molecular complexity index is 490. The number of carbonyl (C=O) groups excluding carboxylic acids is 1. The van der Waals surface area contributed by atoms with E-state index in [1.54, 1.807) is 13.0 Å². The highest BCUT2D eigenvalue weighted by Crippen LogP contribution is 2.27. The van der Waals surface area contributed by atoms with Gasteiger partial charge in [0.25, 0.3) is 5.91 Å². The summed E-state index contributed by atoms with van der Waals surface area (Å²) >= 11 is 0. The van der Waals surface area contributed by atoms with E-state index in [9.17, 15) is 4.79 Å². The zero-order valence-electron chi connectivity index (χ0n) is 11.6. The van der Waals surface area contributed by atoms with Crippen molar-refractivity contribution in [3.8, 4) is 0 Å². The number of hydrogen-bond acceptors (Lipinski definition) is 4. The Morgan fingerprint density at radius 2 is 2.20 bits per heavy atom. The molecule has 6 nitrogen and oxygen atoms in total. The van der Waals surface area contributed by atoms with Gasteiger partial charge in [0.1, 0.15) is 5.76 Å². The van der Waals surface area contributed by atoms with E-state index in [2.05, 4.69) is 10.5 Å².